The van der Waals surface area contributed by atoms with Gasteiger partial charge in [0, 0.05) is 20.2 Å². The van der Waals surface area contributed by atoms with Crippen molar-refractivity contribution in [1.82, 2.24) is 4.98 Å². The Kier molecular flexibility index (Phi) is 4.36. The van der Waals surface area contributed by atoms with Crippen LogP contribution < -0.4 is 4.90 Å². The predicted molar refractivity (Wildman–Crippen MR) is 69.3 cm³/mol. The highest BCUT2D eigenvalue weighted by Gasteiger charge is 2.23. The lowest BCUT2D eigenvalue weighted by molar-refractivity contribution is 0.112. The van der Waals surface area contributed by atoms with Gasteiger partial charge in [-0.25, -0.2) is 4.98 Å². The second-order valence-electron chi connectivity index (χ2n) is 4.18. The number of anilines is 1. The molecule has 17 heavy (non-hydrogen) atoms. The summed E-state index contributed by atoms with van der Waals surface area (Å²) < 4.78 is 5.19. The summed E-state index contributed by atoms with van der Waals surface area (Å²) in [6, 6.07) is 0. The van der Waals surface area contributed by atoms with Crippen LogP contribution in [-0.4, -0.2) is 38.1 Å². The number of ether oxygens (including phenoxy) is 1. The van der Waals surface area contributed by atoms with Crippen LogP contribution in [0.3, 0.4) is 0 Å². The monoisotopic (exact) mass is 274 g/mol. The van der Waals surface area contributed by atoms with Crippen molar-refractivity contribution in [2.75, 3.05) is 31.7 Å². The minimum absolute atomic E-state index is 0.314. The van der Waals surface area contributed by atoms with E-state index in [2.05, 4.69) is 9.88 Å². The number of nitrogens with zero attached hydrogens (tertiary/aromatic N) is 2. The van der Waals surface area contributed by atoms with Gasteiger partial charge < -0.3 is 9.64 Å². The van der Waals surface area contributed by atoms with Gasteiger partial charge in [-0.15, -0.1) is 0 Å². The summed E-state index contributed by atoms with van der Waals surface area (Å²) in [6.07, 6.45) is 3.08. The fourth-order valence-corrected chi connectivity index (χ4v) is 3.22. The maximum atomic E-state index is 10.7. The Labute approximate surface area is 110 Å². The number of thiazole rings is 1. The van der Waals surface area contributed by atoms with Gasteiger partial charge in [0.2, 0.25) is 0 Å². The van der Waals surface area contributed by atoms with Crippen LogP contribution in [0.4, 0.5) is 5.13 Å². The van der Waals surface area contributed by atoms with Crippen LogP contribution in [0.25, 0.3) is 0 Å². The van der Waals surface area contributed by atoms with E-state index in [1.807, 2.05) is 0 Å². The summed E-state index contributed by atoms with van der Waals surface area (Å²) in [5.74, 6) is 0.538. The summed E-state index contributed by atoms with van der Waals surface area (Å²) in [7, 11) is 1.73. The molecule has 94 valence electrons. The van der Waals surface area contributed by atoms with Gasteiger partial charge >= 0.3 is 0 Å². The highest BCUT2D eigenvalue weighted by atomic mass is 35.5. The molecule has 0 aromatic carbocycles. The van der Waals surface area contributed by atoms with Gasteiger partial charge in [0.25, 0.3) is 0 Å². The van der Waals surface area contributed by atoms with E-state index in [9.17, 15) is 4.79 Å². The molecule has 2 heterocycles. The quantitative estimate of drug-likeness (QED) is 0.791. The first-order valence-electron chi connectivity index (χ1n) is 5.60. The summed E-state index contributed by atoms with van der Waals surface area (Å²) in [6.45, 7) is 2.68. The van der Waals surface area contributed by atoms with Crippen LogP contribution in [0.1, 0.15) is 22.5 Å². The van der Waals surface area contributed by atoms with Crippen LogP contribution in [0, 0.1) is 5.92 Å². The van der Waals surface area contributed by atoms with Crippen molar-refractivity contribution in [1.29, 1.82) is 0 Å². The number of halogens is 1. The van der Waals surface area contributed by atoms with Gasteiger partial charge in [0.15, 0.2) is 16.6 Å². The SMILES string of the molecule is COCC1CCCN(c2nc(Cl)c(C=O)s2)C1. The van der Waals surface area contributed by atoms with Gasteiger partial charge in [-0.2, -0.15) is 0 Å². The van der Waals surface area contributed by atoms with Gasteiger partial charge in [-0.1, -0.05) is 22.9 Å². The van der Waals surface area contributed by atoms with Crippen LogP contribution in [0.2, 0.25) is 5.15 Å². The molecule has 1 unspecified atom stereocenters. The molecule has 0 bridgehead atoms. The zero-order chi connectivity index (χ0) is 12.3. The molecule has 1 aromatic rings. The number of rotatable bonds is 4. The highest BCUT2D eigenvalue weighted by molar-refractivity contribution is 7.17. The molecule has 1 fully saturated rings. The Morgan fingerprint density at radius 3 is 3.18 bits per heavy atom. The summed E-state index contributed by atoms with van der Waals surface area (Å²) in [5.41, 5.74) is 0. The van der Waals surface area contributed by atoms with E-state index < -0.39 is 0 Å². The number of hydrogen-bond acceptors (Lipinski definition) is 5. The third-order valence-corrected chi connectivity index (χ3v) is 4.34. The molecule has 6 heteroatoms. The molecule has 2 rings (SSSR count). The fourth-order valence-electron chi connectivity index (χ4n) is 2.12. The van der Waals surface area contributed by atoms with Crippen molar-refractivity contribution in [3.63, 3.8) is 0 Å². The van der Waals surface area contributed by atoms with Gasteiger partial charge in [0.05, 0.1) is 6.61 Å². The normalized spacial score (nSPS) is 20.6. The van der Waals surface area contributed by atoms with Gasteiger partial charge in [-0.3, -0.25) is 4.79 Å². The number of carbonyl (C=O) groups excluding carboxylic acids is 1. The highest BCUT2D eigenvalue weighted by Crippen LogP contribution is 2.31. The van der Waals surface area contributed by atoms with Gasteiger partial charge in [0.1, 0.15) is 4.88 Å². The molecule has 0 spiro atoms. The van der Waals surface area contributed by atoms with E-state index in [1.165, 1.54) is 17.8 Å². The molecular weight excluding hydrogens is 260 g/mol. The first-order chi connectivity index (χ1) is 8.24. The van der Waals surface area contributed by atoms with E-state index in [0.29, 0.717) is 15.9 Å². The first-order valence-corrected chi connectivity index (χ1v) is 6.79. The molecule has 1 atom stereocenters. The second kappa shape index (κ2) is 5.80. The second-order valence-corrected chi connectivity index (χ2v) is 5.55. The lowest BCUT2D eigenvalue weighted by Crippen LogP contribution is -2.37. The summed E-state index contributed by atoms with van der Waals surface area (Å²) >= 11 is 7.24. The van der Waals surface area contributed by atoms with E-state index in [1.54, 1.807) is 7.11 Å². The standard InChI is InChI=1S/C11H15ClN2O2S/c1-16-7-8-3-2-4-14(5-8)11-13-10(12)9(6-15)17-11/h6,8H,2-5,7H2,1H3. The van der Waals surface area contributed by atoms with Crippen LogP contribution >= 0.6 is 22.9 Å². The first kappa shape index (κ1) is 12.8. The molecule has 1 aliphatic rings. The minimum Gasteiger partial charge on any atom is -0.384 e. The Morgan fingerprint density at radius 2 is 2.53 bits per heavy atom. The number of aldehydes is 1. The van der Waals surface area contributed by atoms with Gasteiger partial charge in [-0.05, 0) is 18.8 Å². The molecule has 1 aromatic heterocycles. The van der Waals surface area contributed by atoms with Crippen molar-refractivity contribution in [3.05, 3.63) is 10.0 Å². The third kappa shape index (κ3) is 2.97. The summed E-state index contributed by atoms with van der Waals surface area (Å²) in [5, 5.41) is 1.16. The molecule has 0 amide bonds. The van der Waals surface area contributed by atoms with Crippen molar-refractivity contribution < 1.29 is 9.53 Å². The zero-order valence-corrected chi connectivity index (χ0v) is 11.3. The topological polar surface area (TPSA) is 42.4 Å². The van der Waals surface area contributed by atoms with Crippen molar-refractivity contribution in [2.45, 2.75) is 12.8 Å². The number of methoxy groups -OCH3 is 1. The maximum Gasteiger partial charge on any atom is 0.187 e. The van der Waals surface area contributed by atoms with Crippen LogP contribution in [-0.2, 0) is 4.74 Å². The van der Waals surface area contributed by atoms with Crippen molar-refractivity contribution in [3.8, 4) is 0 Å². The number of hydrogen-bond donors (Lipinski definition) is 0. The molecule has 0 radical (unpaired) electrons. The van der Waals surface area contributed by atoms with Crippen molar-refractivity contribution >= 4 is 34.4 Å². The van der Waals surface area contributed by atoms with Crippen LogP contribution in [0.5, 0.6) is 0 Å². The molecule has 1 saturated heterocycles. The maximum absolute atomic E-state index is 10.7. The molecule has 0 saturated carbocycles. The smallest absolute Gasteiger partial charge is 0.187 e. The fraction of sp³-hybridized carbons (Fsp3) is 0.636. The zero-order valence-electron chi connectivity index (χ0n) is 9.69. The Bertz CT molecular complexity index is 395. The van der Waals surface area contributed by atoms with E-state index in [4.69, 9.17) is 16.3 Å². The lowest BCUT2D eigenvalue weighted by Gasteiger charge is -2.32. The average molecular weight is 275 g/mol. The molecule has 4 nitrogen and oxygen atoms in total. The number of carbonyl (C=O) groups is 1. The molecule has 0 N–H and O–H groups in total. The van der Waals surface area contributed by atoms with Crippen LogP contribution in [0.15, 0.2) is 0 Å². The van der Waals surface area contributed by atoms with Crippen molar-refractivity contribution in [2.24, 2.45) is 5.92 Å². The summed E-state index contributed by atoms with van der Waals surface area (Å²) in [4.78, 5) is 17.7. The third-order valence-electron chi connectivity index (χ3n) is 2.90. The predicted octanol–water partition coefficient (Wildman–Crippen LogP) is 2.47. The lowest BCUT2D eigenvalue weighted by atomic mass is 9.99. The molecule has 1 aliphatic heterocycles. The van der Waals surface area contributed by atoms with E-state index >= 15 is 0 Å². The molecule has 0 aliphatic carbocycles. The Hall–Kier alpha value is -0.650. The molecular formula is C11H15ClN2O2S. The van der Waals surface area contributed by atoms with E-state index in [0.717, 1.165) is 37.5 Å². The average Bonchev–Trinajstić information content (AvgIpc) is 2.71. The largest absolute Gasteiger partial charge is 0.384 e. The number of aromatic nitrogens is 1. The number of piperidine rings is 1. The van der Waals surface area contributed by atoms with E-state index in [-0.39, 0.29) is 0 Å². The Morgan fingerprint density at radius 1 is 1.71 bits per heavy atom. The Balaban J connectivity index is 2.07. The minimum atomic E-state index is 0.314.